The number of methoxy groups -OCH3 is 1. The first-order valence-electron chi connectivity index (χ1n) is 6.64. The minimum atomic E-state index is -0.642. The van der Waals surface area contributed by atoms with Gasteiger partial charge in [0.25, 0.3) is 0 Å². The summed E-state index contributed by atoms with van der Waals surface area (Å²) in [4.78, 5) is 12.4. The number of ketones is 1. The second-order valence-electron chi connectivity index (χ2n) is 4.60. The van der Waals surface area contributed by atoms with Gasteiger partial charge in [-0.3, -0.25) is 9.48 Å². The molecule has 0 spiro atoms. The number of Topliss-reactive ketones (excluding diaryl/α,β-unsaturated/α-hetero) is 1. The van der Waals surface area contributed by atoms with E-state index in [1.165, 1.54) is 0 Å². The van der Waals surface area contributed by atoms with Crippen LogP contribution < -0.4 is 0 Å². The predicted octanol–water partition coefficient (Wildman–Crippen LogP) is 2.53. The van der Waals surface area contributed by atoms with Gasteiger partial charge in [-0.1, -0.05) is 13.8 Å². The number of rotatable bonds is 7. The maximum Gasteiger partial charge on any atom is 0.170 e. The number of hydrogen-bond donors (Lipinski definition) is 0. The van der Waals surface area contributed by atoms with Crippen molar-refractivity contribution in [1.29, 1.82) is 0 Å². The van der Waals surface area contributed by atoms with Crippen molar-refractivity contribution in [3.63, 3.8) is 0 Å². The molecule has 0 aliphatic heterocycles. The summed E-state index contributed by atoms with van der Waals surface area (Å²) in [7, 11) is 1.62. The zero-order valence-electron chi connectivity index (χ0n) is 12.1. The molecule has 0 saturated carbocycles. The van der Waals surface area contributed by atoms with Crippen molar-refractivity contribution in [2.24, 2.45) is 0 Å². The van der Waals surface area contributed by atoms with Crippen molar-refractivity contribution in [3.8, 4) is 0 Å². The normalized spacial score (nSPS) is 11.8. The second kappa shape index (κ2) is 6.14. The van der Waals surface area contributed by atoms with Crippen LogP contribution in [0.2, 0.25) is 0 Å². The van der Waals surface area contributed by atoms with Crippen LogP contribution in [-0.2, 0) is 22.5 Å². The van der Waals surface area contributed by atoms with E-state index in [4.69, 9.17) is 4.74 Å². The SMILES string of the molecule is CCn1nc(C)cc1CC(=O)C(CC)(CC)OC. The maximum absolute atomic E-state index is 12.4. The highest BCUT2D eigenvalue weighted by Gasteiger charge is 2.34. The topological polar surface area (TPSA) is 44.1 Å². The van der Waals surface area contributed by atoms with Crippen LogP contribution in [0.1, 0.15) is 45.0 Å². The Balaban J connectivity index is 2.92. The fourth-order valence-corrected chi connectivity index (χ4v) is 2.39. The van der Waals surface area contributed by atoms with E-state index < -0.39 is 5.60 Å². The Bertz CT molecular complexity index is 398. The number of aromatic nitrogens is 2. The molecular formula is C14H24N2O2. The first-order valence-corrected chi connectivity index (χ1v) is 6.64. The third-order valence-electron chi connectivity index (χ3n) is 3.67. The minimum Gasteiger partial charge on any atom is -0.370 e. The van der Waals surface area contributed by atoms with E-state index in [9.17, 15) is 4.79 Å². The Morgan fingerprint density at radius 3 is 2.44 bits per heavy atom. The lowest BCUT2D eigenvalue weighted by Gasteiger charge is -2.28. The molecule has 0 amide bonds. The molecule has 18 heavy (non-hydrogen) atoms. The van der Waals surface area contributed by atoms with Gasteiger partial charge in [0.15, 0.2) is 5.78 Å². The van der Waals surface area contributed by atoms with Crippen LogP contribution in [0.3, 0.4) is 0 Å². The lowest BCUT2D eigenvalue weighted by Crippen LogP contribution is -2.40. The summed E-state index contributed by atoms with van der Waals surface area (Å²) in [5.41, 5.74) is 1.29. The van der Waals surface area contributed by atoms with Gasteiger partial charge in [-0.2, -0.15) is 5.10 Å². The molecule has 0 N–H and O–H groups in total. The number of carbonyl (C=O) groups excluding carboxylic acids is 1. The fourth-order valence-electron chi connectivity index (χ4n) is 2.39. The molecule has 0 unspecified atom stereocenters. The number of carbonyl (C=O) groups is 1. The Morgan fingerprint density at radius 1 is 1.39 bits per heavy atom. The Morgan fingerprint density at radius 2 is 2.00 bits per heavy atom. The molecule has 0 aromatic carbocycles. The third kappa shape index (κ3) is 2.80. The second-order valence-corrected chi connectivity index (χ2v) is 4.60. The zero-order valence-corrected chi connectivity index (χ0v) is 12.1. The quantitative estimate of drug-likeness (QED) is 0.749. The summed E-state index contributed by atoms with van der Waals surface area (Å²) in [5, 5.41) is 4.37. The first-order chi connectivity index (χ1) is 8.52. The van der Waals surface area contributed by atoms with Crippen molar-refractivity contribution in [1.82, 2.24) is 9.78 Å². The van der Waals surface area contributed by atoms with Gasteiger partial charge in [0, 0.05) is 19.3 Å². The van der Waals surface area contributed by atoms with Crippen molar-refractivity contribution in [3.05, 3.63) is 17.5 Å². The maximum atomic E-state index is 12.4. The molecule has 0 aliphatic carbocycles. The van der Waals surface area contributed by atoms with Gasteiger partial charge in [0.1, 0.15) is 5.60 Å². The molecule has 1 aromatic heterocycles. The highest BCUT2D eigenvalue weighted by atomic mass is 16.5. The van der Waals surface area contributed by atoms with Crippen LogP contribution >= 0.6 is 0 Å². The highest BCUT2D eigenvalue weighted by molar-refractivity contribution is 5.88. The Kier molecular flexibility index (Phi) is 5.08. The van der Waals surface area contributed by atoms with Crippen LogP contribution in [0.15, 0.2) is 6.07 Å². The summed E-state index contributed by atoms with van der Waals surface area (Å²) in [6, 6.07) is 1.98. The van der Waals surface area contributed by atoms with Crippen LogP contribution in [0.4, 0.5) is 0 Å². The molecule has 1 rings (SSSR count). The summed E-state index contributed by atoms with van der Waals surface area (Å²) in [5.74, 6) is 0.143. The minimum absolute atomic E-state index is 0.143. The third-order valence-corrected chi connectivity index (χ3v) is 3.67. The molecule has 4 nitrogen and oxygen atoms in total. The fraction of sp³-hybridized carbons (Fsp3) is 0.714. The van der Waals surface area contributed by atoms with E-state index in [2.05, 4.69) is 5.10 Å². The molecule has 102 valence electrons. The van der Waals surface area contributed by atoms with Crippen LogP contribution in [-0.4, -0.2) is 28.3 Å². The van der Waals surface area contributed by atoms with Gasteiger partial charge < -0.3 is 4.74 Å². The van der Waals surface area contributed by atoms with Crippen molar-refractivity contribution in [2.45, 2.75) is 59.1 Å². The molecule has 0 saturated heterocycles. The average molecular weight is 252 g/mol. The lowest BCUT2D eigenvalue weighted by atomic mass is 9.89. The van der Waals surface area contributed by atoms with E-state index >= 15 is 0 Å². The summed E-state index contributed by atoms with van der Waals surface area (Å²) >= 11 is 0. The molecule has 0 fully saturated rings. The van der Waals surface area contributed by atoms with Crippen LogP contribution in [0.25, 0.3) is 0 Å². The standard InChI is InChI=1S/C14H24N2O2/c1-6-14(7-2,18-5)13(17)10-12-9-11(4)15-16(12)8-3/h9H,6-8,10H2,1-5H3. The number of nitrogens with zero attached hydrogens (tertiary/aromatic N) is 2. The molecule has 4 heteroatoms. The Hall–Kier alpha value is -1.16. The van der Waals surface area contributed by atoms with Gasteiger partial charge in [-0.15, -0.1) is 0 Å². The predicted molar refractivity (Wildman–Crippen MR) is 71.7 cm³/mol. The van der Waals surface area contributed by atoms with Gasteiger partial charge >= 0.3 is 0 Å². The molecule has 1 heterocycles. The lowest BCUT2D eigenvalue weighted by molar-refractivity contribution is -0.141. The van der Waals surface area contributed by atoms with Crippen LogP contribution in [0, 0.1) is 6.92 Å². The largest absolute Gasteiger partial charge is 0.370 e. The molecular weight excluding hydrogens is 228 g/mol. The number of ether oxygens (including phenoxy) is 1. The van der Waals surface area contributed by atoms with Crippen LogP contribution in [0.5, 0.6) is 0 Å². The number of hydrogen-bond acceptors (Lipinski definition) is 3. The molecule has 0 aliphatic rings. The molecule has 0 bridgehead atoms. The smallest absolute Gasteiger partial charge is 0.170 e. The van der Waals surface area contributed by atoms with Gasteiger partial charge in [0.2, 0.25) is 0 Å². The summed E-state index contributed by atoms with van der Waals surface area (Å²) in [6.07, 6.45) is 1.81. The average Bonchev–Trinajstić information content (AvgIpc) is 2.72. The van der Waals surface area contributed by atoms with E-state index in [1.807, 2.05) is 38.4 Å². The van der Waals surface area contributed by atoms with Gasteiger partial charge in [0.05, 0.1) is 12.1 Å². The van der Waals surface area contributed by atoms with E-state index in [1.54, 1.807) is 7.11 Å². The number of aryl methyl sites for hydroxylation is 2. The van der Waals surface area contributed by atoms with Gasteiger partial charge in [-0.25, -0.2) is 0 Å². The molecule has 1 aromatic rings. The van der Waals surface area contributed by atoms with E-state index in [-0.39, 0.29) is 5.78 Å². The Labute approximate surface area is 109 Å². The first kappa shape index (κ1) is 14.9. The van der Waals surface area contributed by atoms with E-state index in [0.29, 0.717) is 19.3 Å². The zero-order chi connectivity index (χ0) is 13.8. The monoisotopic (exact) mass is 252 g/mol. The molecule has 0 atom stereocenters. The van der Waals surface area contributed by atoms with Crippen molar-refractivity contribution in [2.75, 3.05) is 7.11 Å². The highest BCUT2D eigenvalue weighted by Crippen LogP contribution is 2.23. The van der Waals surface area contributed by atoms with Crippen molar-refractivity contribution >= 4 is 5.78 Å². The van der Waals surface area contributed by atoms with Crippen molar-refractivity contribution < 1.29 is 9.53 Å². The van der Waals surface area contributed by atoms with Gasteiger partial charge in [-0.05, 0) is 32.8 Å². The van der Waals surface area contributed by atoms with E-state index in [0.717, 1.165) is 17.9 Å². The molecule has 0 radical (unpaired) electrons. The summed E-state index contributed by atoms with van der Waals surface area (Å²) < 4.78 is 7.36. The summed E-state index contributed by atoms with van der Waals surface area (Å²) in [6.45, 7) is 8.75.